The summed E-state index contributed by atoms with van der Waals surface area (Å²) in [6.45, 7) is 8.38. The van der Waals surface area contributed by atoms with Crippen molar-refractivity contribution in [3.63, 3.8) is 0 Å². The molecule has 2 aromatic rings. The average molecular weight is 352 g/mol. The molecule has 0 unspecified atom stereocenters. The van der Waals surface area contributed by atoms with Crippen LogP contribution in [-0.4, -0.2) is 24.9 Å². The average Bonchev–Trinajstić information content (AvgIpc) is 2.59. The van der Waals surface area contributed by atoms with Crippen molar-refractivity contribution in [1.29, 1.82) is 0 Å². The zero-order valence-electron chi connectivity index (χ0n) is 16.1. The number of rotatable bonds is 6. The molecule has 2 amide bonds. The van der Waals surface area contributed by atoms with E-state index in [9.17, 15) is 9.59 Å². The highest BCUT2D eigenvalue weighted by Crippen LogP contribution is 2.31. The van der Waals surface area contributed by atoms with Crippen LogP contribution >= 0.6 is 0 Å². The molecule has 2 aromatic carbocycles. The highest BCUT2D eigenvalue weighted by Gasteiger charge is 2.24. The Hall–Kier alpha value is -2.62. The molecule has 0 radical (unpaired) electrons. The number of nitrogens with one attached hydrogen (secondary N) is 1. The van der Waals surface area contributed by atoms with Gasteiger partial charge >= 0.3 is 0 Å². The summed E-state index contributed by atoms with van der Waals surface area (Å²) in [7, 11) is 0. The largest absolute Gasteiger partial charge is 0.354 e. The van der Waals surface area contributed by atoms with Crippen LogP contribution in [0.15, 0.2) is 54.6 Å². The Morgan fingerprint density at radius 3 is 2.19 bits per heavy atom. The minimum atomic E-state index is -0.153. The van der Waals surface area contributed by atoms with Crippen molar-refractivity contribution in [2.75, 3.05) is 18.0 Å². The molecule has 0 saturated carbocycles. The number of amides is 2. The molecule has 138 valence electrons. The fourth-order valence-corrected chi connectivity index (χ4v) is 2.90. The van der Waals surface area contributed by atoms with Gasteiger partial charge in [-0.1, -0.05) is 69.3 Å². The third-order valence-corrected chi connectivity index (χ3v) is 4.26. The first-order chi connectivity index (χ1) is 12.3. The lowest BCUT2D eigenvalue weighted by molar-refractivity contribution is -0.123. The second-order valence-corrected chi connectivity index (χ2v) is 7.46. The first-order valence-electron chi connectivity index (χ1n) is 8.97. The van der Waals surface area contributed by atoms with Gasteiger partial charge in [-0.05, 0) is 29.0 Å². The molecular formula is C22H28N2O2. The summed E-state index contributed by atoms with van der Waals surface area (Å²) < 4.78 is 0. The Morgan fingerprint density at radius 1 is 0.962 bits per heavy atom. The van der Waals surface area contributed by atoms with Crippen LogP contribution in [0, 0.1) is 0 Å². The molecule has 0 aromatic heterocycles. The molecule has 0 bridgehead atoms. The highest BCUT2D eigenvalue weighted by atomic mass is 16.2. The Bertz CT molecular complexity index is 748. The fourth-order valence-electron chi connectivity index (χ4n) is 2.90. The number of carbonyl (C=O) groups excluding carboxylic acids is 2. The second kappa shape index (κ2) is 8.65. The Morgan fingerprint density at radius 2 is 1.58 bits per heavy atom. The lowest BCUT2D eigenvalue weighted by atomic mass is 9.85. The zero-order chi connectivity index (χ0) is 19.2. The van der Waals surface area contributed by atoms with Crippen LogP contribution in [0.5, 0.6) is 0 Å². The quantitative estimate of drug-likeness (QED) is 0.862. The van der Waals surface area contributed by atoms with E-state index >= 15 is 0 Å². The van der Waals surface area contributed by atoms with Crippen LogP contribution in [0.4, 0.5) is 5.69 Å². The van der Waals surface area contributed by atoms with Gasteiger partial charge in [0.25, 0.3) is 0 Å². The van der Waals surface area contributed by atoms with Gasteiger partial charge in [-0.2, -0.15) is 0 Å². The van der Waals surface area contributed by atoms with E-state index in [0.717, 1.165) is 17.7 Å². The van der Waals surface area contributed by atoms with E-state index < -0.39 is 0 Å². The minimum absolute atomic E-state index is 0.0250. The summed E-state index contributed by atoms with van der Waals surface area (Å²) in [6, 6.07) is 17.8. The SMILES string of the molecule is CC(=O)N(CC(=O)NCCc1ccccc1)c1ccccc1C(C)(C)C. The van der Waals surface area contributed by atoms with Crippen LogP contribution in [0.3, 0.4) is 0 Å². The van der Waals surface area contributed by atoms with Gasteiger partial charge in [-0.15, -0.1) is 0 Å². The van der Waals surface area contributed by atoms with Gasteiger partial charge in [0.15, 0.2) is 0 Å². The van der Waals surface area contributed by atoms with Crippen LogP contribution in [0.2, 0.25) is 0 Å². The summed E-state index contributed by atoms with van der Waals surface area (Å²) in [5, 5.41) is 2.91. The molecule has 0 aliphatic carbocycles. The van der Waals surface area contributed by atoms with Crippen molar-refractivity contribution >= 4 is 17.5 Å². The summed E-state index contributed by atoms with van der Waals surface area (Å²) >= 11 is 0. The van der Waals surface area contributed by atoms with Crippen molar-refractivity contribution in [2.24, 2.45) is 0 Å². The van der Waals surface area contributed by atoms with Crippen molar-refractivity contribution in [2.45, 2.75) is 39.5 Å². The number of para-hydroxylation sites is 1. The molecule has 4 heteroatoms. The minimum Gasteiger partial charge on any atom is -0.354 e. The Labute approximate surface area is 156 Å². The van der Waals surface area contributed by atoms with E-state index in [-0.39, 0.29) is 23.8 Å². The molecule has 0 spiro atoms. The third-order valence-electron chi connectivity index (χ3n) is 4.26. The molecule has 0 aliphatic rings. The first-order valence-corrected chi connectivity index (χ1v) is 8.97. The monoisotopic (exact) mass is 352 g/mol. The van der Waals surface area contributed by atoms with Gasteiger partial charge in [-0.3, -0.25) is 9.59 Å². The van der Waals surface area contributed by atoms with E-state index in [1.807, 2.05) is 54.6 Å². The van der Waals surface area contributed by atoms with Crippen molar-refractivity contribution < 1.29 is 9.59 Å². The smallest absolute Gasteiger partial charge is 0.240 e. The predicted molar refractivity (Wildman–Crippen MR) is 106 cm³/mol. The van der Waals surface area contributed by atoms with Crippen LogP contribution in [0.1, 0.15) is 38.8 Å². The van der Waals surface area contributed by atoms with E-state index in [2.05, 4.69) is 26.1 Å². The van der Waals surface area contributed by atoms with E-state index in [0.29, 0.717) is 6.54 Å². The summed E-state index contributed by atoms with van der Waals surface area (Å²) in [5.41, 5.74) is 2.90. The molecule has 0 heterocycles. The molecule has 26 heavy (non-hydrogen) atoms. The molecular weight excluding hydrogens is 324 g/mol. The fraction of sp³-hybridized carbons (Fsp3) is 0.364. The van der Waals surface area contributed by atoms with Gasteiger partial charge < -0.3 is 10.2 Å². The van der Waals surface area contributed by atoms with Gasteiger partial charge in [0.2, 0.25) is 11.8 Å². The van der Waals surface area contributed by atoms with Gasteiger partial charge in [0.1, 0.15) is 6.54 Å². The summed E-state index contributed by atoms with van der Waals surface area (Å²) in [5.74, 6) is -0.292. The summed E-state index contributed by atoms with van der Waals surface area (Å²) in [6.07, 6.45) is 0.769. The molecule has 4 nitrogen and oxygen atoms in total. The lowest BCUT2D eigenvalue weighted by Crippen LogP contribution is -2.41. The van der Waals surface area contributed by atoms with Crippen molar-refractivity contribution in [1.82, 2.24) is 5.32 Å². The van der Waals surface area contributed by atoms with E-state index in [4.69, 9.17) is 0 Å². The number of nitrogens with zero attached hydrogens (tertiary/aromatic N) is 1. The van der Waals surface area contributed by atoms with Crippen LogP contribution in [0.25, 0.3) is 0 Å². The van der Waals surface area contributed by atoms with Gasteiger partial charge in [0, 0.05) is 19.2 Å². The van der Waals surface area contributed by atoms with Gasteiger partial charge in [-0.25, -0.2) is 0 Å². The third kappa shape index (κ3) is 5.45. The first kappa shape index (κ1) is 19.7. The highest BCUT2D eigenvalue weighted by molar-refractivity contribution is 5.98. The number of anilines is 1. The normalized spacial score (nSPS) is 11.1. The van der Waals surface area contributed by atoms with Gasteiger partial charge in [0.05, 0.1) is 0 Å². The van der Waals surface area contributed by atoms with E-state index in [1.165, 1.54) is 12.5 Å². The molecule has 0 saturated heterocycles. The van der Waals surface area contributed by atoms with Crippen LogP contribution < -0.4 is 10.2 Å². The maximum Gasteiger partial charge on any atom is 0.240 e. The van der Waals surface area contributed by atoms with Crippen molar-refractivity contribution in [3.8, 4) is 0 Å². The molecule has 1 N–H and O–H groups in total. The number of carbonyl (C=O) groups is 2. The topological polar surface area (TPSA) is 49.4 Å². The predicted octanol–water partition coefficient (Wildman–Crippen LogP) is 3.70. The molecule has 0 fully saturated rings. The Kier molecular flexibility index (Phi) is 6.56. The zero-order valence-corrected chi connectivity index (χ0v) is 16.1. The Balaban J connectivity index is 2.05. The van der Waals surface area contributed by atoms with Crippen LogP contribution in [-0.2, 0) is 21.4 Å². The van der Waals surface area contributed by atoms with E-state index in [1.54, 1.807) is 4.90 Å². The number of benzene rings is 2. The molecule has 2 rings (SSSR count). The van der Waals surface area contributed by atoms with Crippen molar-refractivity contribution in [3.05, 3.63) is 65.7 Å². The maximum absolute atomic E-state index is 12.4. The number of hydrogen-bond acceptors (Lipinski definition) is 2. The maximum atomic E-state index is 12.4. The lowest BCUT2D eigenvalue weighted by Gasteiger charge is -2.29. The second-order valence-electron chi connectivity index (χ2n) is 7.46. The molecule has 0 atom stereocenters. The summed E-state index contributed by atoms with van der Waals surface area (Å²) in [4.78, 5) is 26.1. The molecule has 0 aliphatic heterocycles. The standard InChI is InChI=1S/C22H28N2O2/c1-17(25)24(20-13-9-8-12-19(20)22(2,3)4)16-21(26)23-15-14-18-10-6-5-7-11-18/h5-13H,14-16H2,1-4H3,(H,23,26). The number of hydrogen-bond donors (Lipinski definition) is 1.